The highest BCUT2D eigenvalue weighted by Crippen LogP contribution is 2.31. The van der Waals surface area contributed by atoms with Gasteiger partial charge in [0.1, 0.15) is 0 Å². The summed E-state index contributed by atoms with van der Waals surface area (Å²) in [6, 6.07) is 0. The van der Waals surface area contributed by atoms with Crippen LogP contribution in [0.5, 0.6) is 0 Å². The van der Waals surface area contributed by atoms with E-state index in [9.17, 15) is 0 Å². The van der Waals surface area contributed by atoms with Crippen LogP contribution < -0.4 is 5.32 Å². The quantitative estimate of drug-likeness (QED) is 0.525. The predicted molar refractivity (Wildman–Crippen MR) is 87.0 cm³/mol. The van der Waals surface area contributed by atoms with Gasteiger partial charge in [0.05, 0.1) is 0 Å². The highest BCUT2D eigenvalue weighted by Gasteiger charge is 2.23. The second kappa shape index (κ2) is 9.35. The molecule has 3 heteroatoms. The van der Waals surface area contributed by atoms with Crippen molar-refractivity contribution in [2.24, 2.45) is 5.41 Å². The molecule has 0 saturated carbocycles. The molecule has 0 saturated heterocycles. The minimum atomic E-state index is 0.426. The minimum absolute atomic E-state index is 0.426. The van der Waals surface area contributed by atoms with E-state index in [1.807, 2.05) is 11.6 Å². The summed E-state index contributed by atoms with van der Waals surface area (Å²) in [5, 5.41) is 6.62. The number of nitrogens with zero attached hydrogens (tertiary/aromatic N) is 1. The molecule has 1 rings (SSSR count). The topological polar surface area (TPSA) is 24.9 Å². The monoisotopic (exact) mass is 282 g/mol. The van der Waals surface area contributed by atoms with Gasteiger partial charge >= 0.3 is 0 Å². The molecule has 2 nitrogen and oxygen atoms in total. The average molecular weight is 282 g/mol. The molecule has 1 atom stereocenters. The Bertz CT molecular complexity index is 311. The number of unbranched alkanes of at least 4 members (excludes halogenated alkanes) is 4. The zero-order valence-electron chi connectivity index (χ0n) is 12.9. The van der Waals surface area contributed by atoms with Crippen molar-refractivity contribution in [3.63, 3.8) is 0 Å². The fourth-order valence-electron chi connectivity index (χ4n) is 2.48. The van der Waals surface area contributed by atoms with Gasteiger partial charge in [-0.2, -0.15) is 0 Å². The number of thiazole rings is 1. The molecule has 19 heavy (non-hydrogen) atoms. The maximum Gasteiger partial charge on any atom is 0.182 e. The van der Waals surface area contributed by atoms with Gasteiger partial charge in [-0.15, -0.1) is 11.3 Å². The Morgan fingerprint density at radius 1 is 1.11 bits per heavy atom. The fraction of sp³-hybridized carbons (Fsp3) is 0.812. The molecule has 0 aliphatic rings. The molecule has 0 aliphatic carbocycles. The van der Waals surface area contributed by atoms with Crippen LogP contribution in [0, 0.1) is 5.41 Å². The summed E-state index contributed by atoms with van der Waals surface area (Å²) in [5.41, 5.74) is 0.426. The van der Waals surface area contributed by atoms with E-state index in [4.69, 9.17) is 0 Å². The van der Waals surface area contributed by atoms with Crippen molar-refractivity contribution >= 4 is 16.5 Å². The predicted octanol–water partition coefficient (Wildman–Crippen LogP) is 5.72. The van der Waals surface area contributed by atoms with Crippen LogP contribution in [-0.2, 0) is 0 Å². The molecule has 1 unspecified atom stereocenters. The second-order valence-corrected chi connectivity index (χ2v) is 6.81. The molecule has 0 amide bonds. The summed E-state index contributed by atoms with van der Waals surface area (Å²) >= 11 is 1.70. The van der Waals surface area contributed by atoms with Crippen LogP contribution in [0.1, 0.15) is 72.1 Å². The van der Waals surface area contributed by atoms with Gasteiger partial charge in [-0.25, -0.2) is 4.98 Å². The molecule has 1 aromatic rings. The lowest BCUT2D eigenvalue weighted by molar-refractivity contribution is 0.272. The summed E-state index contributed by atoms with van der Waals surface area (Å²) in [4.78, 5) is 4.32. The van der Waals surface area contributed by atoms with Gasteiger partial charge in [0.25, 0.3) is 0 Å². The minimum Gasteiger partial charge on any atom is -0.361 e. The maximum absolute atomic E-state index is 4.32. The Labute approximate surface area is 123 Å². The average Bonchev–Trinajstić information content (AvgIpc) is 2.93. The molecule has 1 N–H and O–H groups in total. The molecular formula is C16H30N2S. The molecule has 0 bridgehead atoms. The van der Waals surface area contributed by atoms with Crippen LogP contribution in [-0.4, -0.2) is 11.5 Å². The highest BCUT2D eigenvalue weighted by atomic mass is 32.1. The molecule has 0 fully saturated rings. The molecule has 1 heterocycles. The fourth-order valence-corrected chi connectivity index (χ4v) is 3.01. The third-order valence-electron chi connectivity index (χ3n) is 3.87. The van der Waals surface area contributed by atoms with Crippen LogP contribution in [0.3, 0.4) is 0 Å². The van der Waals surface area contributed by atoms with Gasteiger partial charge in [0.2, 0.25) is 0 Å². The van der Waals surface area contributed by atoms with E-state index >= 15 is 0 Å². The molecule has 0 aromatic carbocycles. The van der Waals surface area contributed by atoms with E-state index in [0.717, 1.165) is 11.7 Å². The molecule has 0 spiro atoms. The molecular weight excluding hydrogens is 252 g/mol. The van der Waals surface area contributed by atoms with Crippen molar-refractivity contribution in [1.29, 1.82) is 0 Å². The van der Waals surface area contributed by atoms with Gasteiger partial charge in [-0.3, -0.25) is 0 Å². The number of anilines is 1. The van der Waals surface area contributed by atoms with Crippen LogP contribution in [0.25, 0.3) is 0 Å². The lowest BCUT2D eigenvalue weighted by Crippen LogP contribution is -2.26. The number of hydrogen-bond acceptors (Lipinski definition) is 3. The first-order chi connectivity index (χ1) is 9.20. The van der Waals surface area contributed by atoms with Gasteiger partial charge < -0.3 is 5.32 Å². The first-order valence-electron chi connectivity index (χ1n) is 7.83. The third-order valence-corrected chi connectivity index (χ3v) is 4.60. The molecule has 0 aliphatic heterocycles. The first-order valence-corrected chi connectivity index (χ1v) is 8.71. The lowest BCUT2D eigenvalue weighted by Gasteiger charge is -2.30. The maximum atomic E-state index is 4.32. The zero-order valence-corrected chi connectivity index (χ0v) is 13.7. The first kappa shape index (κ1) is 16.5. The molecule has 1 aromatic heterocycles. The Balaban J connectivity index is 2.38. The van der Waals surface area contributed by atoms with Crippen molar-refractivity contribution < 1.29 is 0 Å². The van der Waals surface area contributed by atoms with Crippen LogP contribution in [0.2, 0.25) is 0 Å². The van der Waals surface area contributed by atoms with Crippen molar-refractivity contribution in [1.82, 2.24) is 4.98 Å². The Morgan fingerprint density at radius 2 is 1.84 bits per heavy atom. The standard InChI is InChI=1S/C16H30N2S/c1-4-6-8-9-11-16(3,10-7-5-2)14-18-15-17-12-13-19-15/h12-13H,4-11,14H2,1-3H3,(H,17,18). The lowest BCUT2D eigenvalue weighted by atomic mass is 9.80. The Morgan fingerprint density at radius 3 is 2.47 bits per heavy atom. The number of hydrogen-bond donors (Lipinski definition) is 1. The largest absolute Gasteiger partial charge is 0.361 e. The van der Waals surface area contributed by atoms with Gasteiger partial charge in [-0.05, 0) is 18.3 Å². The van der Waals surface area contributed by atoms with E-state index < -0.39 is 0 Å². The van der Waals surface area contributed by atoms with Gasteiger partial charge in [0.15, 0.2) is 5.13 Å². The van der Waals surface area contributed by atoms with E-state index in [0.29, 0.717) is 5.41 Å². The van der Waals surface area contributed by atoms with Crippen molar-refractivity contribution in [3.05, 3.63) is 11.6 Å². The van der Waals surface area contributed by atoms with Gasteiger partial charge in [0, 0.05) is 18.1 Å². The van der Waals surface area contributed by atoms with E-state index in [1.54, 1.807) is 11.3 Å². The molecule has 110 valence electrons. The summed E-state index contributed by atoms with van der Waals surface area (Å²) in [6.07, 6.45) is 12.6. The van der Waals surface area contributed by atoms with Crippen molar-refractivity contribution in [3.8, 4) is 0 Å². The third kappa shape index (κ3) is 6.95. The van der Waals surface area contributed by atoms with Crippen LogP contribution >= 0.6 is 11.3 Å². The summed E-state index contributed by atoms with van der Waals surface area (Å²) < 4.78 is 0. The SMILES string of the molecule is CCCCCCC(C)(CCCC)CNc1nccs1. The number of aromatic nitrogens is 1. The number of nitrogens with one attached hydrogen (secondary N) is 1. The van der Waals surface area contributed by atoms with Crippen molar-refractivity contribution in [2.45, 2.75) is 72.1 Å². The molecule has 0 radical (unpaired) electrons. The number of rotatable bonds is 11. The van der Waals surface area contributed by atoms with E-state index in [1.165, 1.54) is 51.4 Å². The highest BCUT2D eigenvalue weighted by molar-refractivity contribution is 7.13. The zero-order chi connectivity index (χ0) is 14.0. The summed E-state index contributed by atoms with van der Waals surface area (Å²) in [5.74, 6) is 0. The normalized spacial score (nSPS) is 14.3. The van der Waals surface area contributed by atoms with E-state index in [-0.39, 0.29) is 0 Å². The van der Waals surface area contributed by atoms with Crippen molar-refractivity contribution in [2.75, 3.05) is 11.9 Å². The van der Waals surface area contributed by atoms with Crippen LogP contribution in [0.4, 0.5) is 5.13 Å². The summed E-state index contributed by atoms with van der Waals surface area (Å²) in [7, 11) is 0. The smallest absolute Gasteiger partial charge is 0.182 e. The Hall–Kier alpha value is -0.570. The Kier molecular flexibility index (Phi) is 8.11. The summed E-state index contributed by atoms with van der Waals surface area (Å²) in [6.45, 7) is 8.06. The second-order valence-electron chi connectivity index (χ2n) is 5.92. The van der Waals surface area contributed by atoms with Crippen LogP contribution in [0.15, 0.2) is 11.6 Å². The van der Waals surface area contributed by atoms with Gasteiger partial charge in [-0.1, -0.05) is 59.3 Å². The van der Waals surface area contributed by atoms with E-state index in [2.05, 4.69) is 31.1 Å².